The summed E-state index contributed by atoms with van der Waals surface area (Å²) in [7, 11) is 1.87. The molecule has 0 spiro atoms. The summed E-state index contributed by atoms with van der Waals surface area (Å²) in [5, 5.41) is 11.0. The second kappa shape index (κ2) is 6.40. The number of nitrogens with one attached hydrogen (secondary N) is 1. The van der Waals surface area contributed by atoms with Crippen molar-refractivity contribution >= 4 is 22.7 Å². The van der Waals surface area contributed by atoms with E-state index in [-0.39, 0.29) is 6.10 Å². The van der Waals surface area contributed by atoms with Gasteiger partial charge in [0.15, 0.2) is 0 Å². The van der Waals surface area contributed by atoms with E-state index in [9.17, 15) is 0 Å². The fraction of sp³-hybridized carbons (Fsp3) is 0.294. The molecule has 0 unspecified atom stereocenters. The molecule has 0 bridgehead atoms. The van der Waals surface area contributed by atoms with Gasteiger partial charge in [0.25, 0.3) is 0 Å². The normalized spacial score (nSPS) is 16.9. The van der Waals surface area contributed by atoms with Crippen LogP contribution < -0.4 is 10.1 Å². The van der Waals surface area contributed by atoms with Crippen LogP contribution in [-0.2, 0) is 11.8 Å². The van der Waals surface area contributed by atoms with E-state index in [1.54, 1.807) is 17.1 Å². The molecule has 1 fully saturated rings. The van der Waals surface area contributed by atoms with Gasteiger partial charge in [0.05, 0.1) is 36.8 Å². The largest absolute Gasteiger partial charge is 0.470 e. The van der Waals surface area contributed by atoms with Crippen LogP contribution in [0, 0.1) is 0 Å². The molecule has 1 aliphatic heterocycles. The zero-order valence-electron chi connectivity index (χ0n) is 14.6. The molecule has 5 rings (SSSR count). The molecule has 10 nitrogen and oxygen atoms in total. The molecule has 4 aromatic rings. The Morgan fingerprint density at radius 3 is 3.00 bits per heavy atom. The molecule has 0 saturated carbocycles. The Labute approximate surface area is 153 Å². The maximum atomic E-state index is 6.17. The molecule has 0 radical (unpaired) electrons. The number of hydrogen-bond acceptors (Lipinski definition) is 8. The number of aromatic nitrogens is 6. The van der Waals surface area contributed by atoms with E-state index < -0.39 is 0 Å². The molecule has 138 valence electrons. The van der Waals surface area contributed by atoms with Crippen LogP contribution in [0.1, 0.15) is 6.42 Å². The highest BCUT2D eigenvalue weighted by Gasteiger charge is 2.22. The second-order valence-electron chi connectivity index (χ2n) is 6.29. The first-order valence-electron chi connectivity index (χ1n) is 8.55. The molecule has 1 aliphatic rings. The van der Waals surface area contributed by atoms with Crippen molar-refractivity contribution < 1.29 is 14.0 Å². The van der Waals surface area contributed by atoms with Crippen molar-refractivity contribution in [3.8, 4) is 11.6 Å². The Hall–Kier alpha value is -3.40. The average molecular weight is 367 g/mol. The standard InChI is InChI=1S/C17H17N7O3/c1-23-8-12(7-18-23)24-4-2-14-15(24)16(27-13-3-5-25-10-13)22-17(21-14)20-11-6-19-26-9-11/h2,4,6-9,13H,3,5,10H2,1H3,(H,20,21,22)/t13-/m0/s1. The van der Waals surface area contributed by atoms with Crippen LogP contribution in [0.2, 0.25) is 0 Å². The van der Waals surface area contributed by atoms with Crippen molar-refractivity contribution in [1.29, 1.82) is 0 Å². The molecule has 4 aromatic heterocycles. The first-order valence-corrected chi connectivity index (χ1v) is 8.55. The minimum Gasteiger partial charge on any atom is -0.470 e. The fourth-order valence-corrected chi connectivity index (χ4v) is 3.06. The van der Waals surface area contributed by atoms with Gasteiger partial charge in [-0.15, -0.1) is 0 Å². The van der Waals surface area contributed by atoms with E-state index in [1.807, 2.05) is 30.1 Å². The van der Waals surface area contributed by atoms with Crippen LogP contribution in [0.4, 0.5) is 11.6 Å². The number of rotatable bonds is 5. The van der Waals surface area contributed by atoms with Gasteiger partial charge < -0.3 is 23.9 Å². The monoisotopic (exact) mass is 367 g/mol. The Morgan fingerprint density at radius 1 is 1.30 bits per heavy atom. The first kappa shape index (κ1) is 15.8. The molecule has 1 saturated heterocycles. The topological polar surface area (TPSA) is 105 Å². The summed E-state index contributed by atoms with van der Waals surface area (Å²) in [6.07, 6.45) is 9.46. The summed E-state index contributed by atoms with van der Waals surface area (Å²) < 4.78 is 20.2. The summed E-state index contributed by atoms with van der Waals surface area (Å²) in [4.78, 5) is 9.17. The van der Waals surface area contributed by atoms with Crippen molar-refractivity contribution in [1.82, 2.24) is 29.5 Å². The predicted octanol–water partition coefficient (Wildman–Crippen LogP) is 2.05. The zero-order chi connectivity index (χ0) is 18.2. The maximum absolute atomic E-state index is 6.17. The predicted molar refractivity (Wildman–Crippen MR) is 95.3 cm³/mol. The quantitative estimate of drug-likeness (QED) is 0.571. The molecule has 10 heteroatoms. The third-order valence-corrected chi connectivity index (χ3v) is 4.33. The van der Waals surface area contributed by atoms with Gasteiger partial charge in [0.1, 0.15) is 23.6 Å². The molecule has 0 amide bonds. The number of fused-ring (bicyclic) bond motifs is 1. The van der Waals surface area contributed by atoms with Crippen LogP contribution in [-0.4, -0.2) is 48.8 Å². The molecule has 0 aromatic carbocycles. The van der Waals surface area contributed by atoms with Crippen LogP contribution in [0.5, 0.6) is 5.88 Å². The Balaban J connectivity index is 1.61. The van der Waals surface area contributed by atoms with E-state index in [1.165, 1.54) is 6.26 Å². The molecule has 0 aliphatic carbocycles. The van der Waals surface area contributed by atoms with Crippen molar-refractivity contribution in [2.75, 3.05) is 18.5 Å². The first-order chi connectivity index (χ1) is 13.3. The Bertz CT molecular complexity index is 1060. The lowest BCUT2D eigenvalue weighted by atomic mass is 10.3. The molecule has 5 heterocycles. The summed E-state index contributed by atoms with van der Waals surface area (Å²) in [6, 6.07) is 1.92. The van der Waals surface area contributed by atoms with E-state index in [4.69, 9.17) is 14.0 Å². The highest BCUT2D eigenvalue weighted by atomic mass is 16.5. The number of aryl methyl sites for hydroxylation is 1. The van der Waals surface area contributed by atoms with Crippen LogP contribution in [0.15, 0.2) is 41.6 Å². The molecule has 1 N–H and O–H groups in total. The second-order valence-corrected chi connectivity index (χ2v) is 6.29. The average Bonchev–Trinajstić information content (AvgIpc) is 3.41. The van der Waals surface area contributed by atoms with Gasteiger partial charge in [-0.3, -0.25) is 4.68 Å². The summed E-state index contributed by atoms with van der Waals surface area (Å²) in [5.74, 6) is 0.895. The van der Waals surface area contributed by atoms with E-state index in [0.29, 0.717) is 30.7 Å². The summed E-state index contributed by atoms with van der Waals surface area (Å²) in [6.45, 7) is 1.24. The minimum atomic E-state index is -0.0382. The lowest BCUT2D eigenvalue weighted by Crippen LogP contribution is -2.17. The molecular formula is C17H17N7O3. The number of anilines is 2. The lowest BCUT2D eigenvalue weighted by Gasteiger charge is -2.14. The molecule has 27 heavy (non-hydrogen) atoms. The number of hydrogen-bond donors (Lipinski definition) is 1. The number of ether oxygens (including phenoxy) is 2. The van der Waals surface area contributed by atoms with Gasteiger partial charge in [0.2, 0.25) is 11.8 Å². The van der Waals surface area contributed by atoms with Crippen LogP contribution in [0.3, 0.4) is 0 Å². The van der Waals surface area contributed by atoms with E-state index >= 15 is 0 Å². The SMILES string of the molecule is Cn1cc(-n2ccc3nc(Nc4cnoc4)nc(O[C@H]4CCOC4)c32)cn1. The van der Waals surface area contributed by atoms with Crippen molar-refractivity contribution in [2.45, 2.75) is 12.5 Å². The molecular weight excluding hydrogens is 350 g/mol. The van der Waals surface area contributed by atoms with Gasteiger partial charge in [-0.1, -0.05) is 5.16 Å². The molecule has 1 atom stereocenters. The number of nitrogens with zero attached hydrogens (tertiary/aromatic N) is 6. The lowest BCUT2D eigenvalue weighted by molar-refractivity contribution is 0.139. The Morgan fingerprint density at radius 2 is 2.26 bits per heavy atom. The van der Waals surface area contributed by atoms with Gasteiger partial charge in [0, 0.05) is 25.9 Å². The van der Waals surface area contributed by atoms with Gasteiger partial charge >= 0.3 is 0 Å². The zero-order valence-corrected chi connectivity index (χ0v) is 14.6. The third-order valence-electron chi connectivity index (χ3n) is 4.33. The fourth-order valence-electron chi connectivity index (χ4n) is 3.06. The third kappa shape index (κ3) is 2.99. The van der Waals surface area contributed by atoms with Crippen LogP contribution in [0.25, 0.3) is 16.7 Å². The summed E-state index contributed by atoms with van der Waals surface area (Å²) >= 11 is 0. The maximum Gasteiger partial charge on any atom is 0.244 e. The smallest absolute Gasteiger partial charge is 0.244 e. The van der Waals surface area contributed by atoms with Gasteiger partial charge in [-0.2, -0.15) is 10.1 Å². The van der Waals surface area contributed by atoms with Crippen molar-refractivity contribution in [3.05, 3.63) is 37.1 Å². The van der Waals surface area contributed by atoms with E-state index in [0.717, 1.165) is 23.1 Å². The summed E-state index contributed by atoms with van der Waals surface area (Å²) in [5.41, 5.74) is 3.10. The minimum absolute atomic E-state index is 0.0382. The van der Waals surface area contributed by atoms with Gasteiger partial charge in [-0.25, -0.2) is 4.98 Å². The Kier molecular flexibility index (Phi) is 3.75. The van der Waals surface area contributed by atoms with Crippen molar-refractivity contribution in [3.63, 3.8) is 0 Å². The highest BCUT2D eigenvalue weighted by molar-refractivity contribution is 5.84. The highest BCUT2D eigenvalue weighted by Crippen LogP contribution is 2.30. The van der Waals surface area contributed by atoms with E-state index in [2.05, 4.69) is 25.5 Å². The van der Waals surface area contributed by atoms with Gasteiger partial charge in [-0.05, 0) is 6.07 Å². The van der Waals surface area contributed by atoms with Crippen molar-refractivity contribution in [2.24, 2.45) is 7.05 Å². The van der Waals surface area contributed by atoms with Crippen LogP contribution >= 0.6 is 0 Å².